The van der Waals surface area contributed by atoms with Crippen molar-refractivity contribution in [3.8, 4) is 6.07 Å². The summed E-state index contributed by atoms with van der Waals surface area (Å²) in [4.78, 5) is 15.7. The lowest BCUT2D eigenvalue weighted by Gasteiger charge is -2.36. The van der Waals surface area contributed by atoms with Crippen LogP contribution in [0.15, 0.2) is 24.4 Å². The standard InChI is InChI=1S/C16H15F3N6/c1-11-22-13(16(17,18)19)8-15(23-11)25-6-4-24(5-7-25)14-3-2-12(9-20)10-21-14/h2-3,8,10H,4-7H2,1H3. The van der Waals surface area contributed by atoms with E-state index in [0.717, 1.165) is 11.9 Å². The quantitative estimate of drug-likeness (QED) is 0.830. The summed E-state index contributed by atoms with van der Waals surface area (Å²) in [6.45, 7) is 3.70. The highest BCUT2D eigenvalue weighted by Crippen LogP contribution is 2.30. The lowest BCUT2D eigenvalue weighted by Crippen LogP contribution is -2.47. The Morgan fingerprint density at radius 1 is 1.04 bits per heavy atom. The third kappa shape index (κ3) is 3.79. The first-order valence-corrected chi connectivity index (χ1v) is 7.66. The Balaban J connectivity index is 1.72. The van der Waals surface area contributed by atoms with Crippen molar-refractivity contribution in [2.75, 3.05) is 36.0 Å². The number of pyridine rings is 1. The smallest absolute Gasteiger partial charge is 0.353 e. The van der Waals surface area contributed by atoms with Gasteiger partial charge in [0.15, 0.2) is 0 Å². The molecule has 0 spiro atoms. The number of rotatable bonds is 2. The summed E-state index contributed by atoms with van der Waals surface area (Å²) in [5.74, 6) is 1.13. The zero-order valence-electron chi connectivity index (χ0n) is 13.5. The van der Waals surface area contributed by atoms with Gasteiger partial charge in [0, 0.05) is 38.4 Å². The molecule has 1 saturated heterocycles. The normalized spacial score (nSPS) is 15.2. The molecule has 1 aliphatic rings. The van der Waals surface area contributed by atoms with E-state index in [9.17, 15) is 13.2 Å². The molecule has 0 unspecified atom stereocenters. The van der Waals surface area contributed by atoms with Crippen LogP contribution in [0.3, 0.4) is 0 Å². The summed E-state index contributed by atoms with van der Waals surface area (Å²) in [6.07, 6.45) is -2.98. The van der Waals surface area contributed by atoms with Crippen molar-refractivity contribution in [1.29, 1.82) is 5.26 Å². The summed E-state index contributed by atoms with van der Waals surface area (Å²) in [7, 11) is 0. The summed E-state index contributed by atoms with van der Waals surface area (Å²) in [5.41, 5.74) is -0.440. The average molecular weight is 348 g/mol. The summed E-state index contributed by atoms with van der Waals surface area (Å²) in [6, 6.07) is 6.46. The van der Waals surface area contributed by atoms with Crippen LogP contribution < -0.4 is 9.80 Å². The minimum absolute atomic E-state index is 0.0982. The maximum atomic E-state index is 12.9. The van der Waals surface area contributed by atoms with Gasteiger partial charge in [-0.25, -0.2) is 15.0 Å². The summed E-state index contributed by atoms with van der Waals surface area (Å²) < 4.78 is 38.7. The number of aryl methyl sites for hydroxylation is 1. The van der Waals surface area contributed by atoms with E-state index in [1.165, 1.54) is 13.1 Å². The van der Waals surface area contributed by atoms with Gasteiger partial charge in [0.1, 0.15) is 29.2 Å². The first-order chi connectivity index (χ1) is 11.9. The first-order valence-electron chi connectivity index (χ1n) is 7.66. The van der Waals surface area contributed by atoms with Gasteiger partial charge in [-0.1, -0.05) is 0 Å². The van der Waals surface area contributed by atoms with Gasteiger partial charge >= 0.3 is 6.18 Å². The van der Waals surface area contributed by atoms with Crippen molar-refractivity contribution >= 4 is 11.6 Å². The molecule has 0 aromatic carbocycles. The molecule has 0 radical (unpaired) electrons. The Morgan fingerprint density at radius 2 is 1.68 bits per heavy atom. The van der Waals surface area contributed by atoms with Crippen molar-refractivity contribution in [2.45, 2.75) is 13.1 Å². The lowest BCUT2D eigenvalue weighted by molar-refractivity contribution is -0.141. The summed E-state index contributed by atoms with van der Waals surface area (Å²) in [5, 5.41) is 8.80. The van der Waals surface area contributed by atoms with Crippen LogP contribution in [-0.4, -0.2) is 41.1 Å². The number of aromatic nitrogens is 3. The molecule has 3 heterocycles. The highest BCUT2D eigenvalue weighted by Gasteiger charge is 2.34. The fourth-order valence-corrected chi connectivity index (χ4v) is 2.66. The van der Waals surface area contributed by atoms with Gasteiger partial charge in [-0.2, -0.15) is 18.4 Å². The number of anilines is 2. The van der Waals surface area contributed by atoms with Crippen LogP contribution >= 0.6 is 0 Å². The Labute approximate surface area is 142 Å². The first kappa shape index (κ1) is 17.0. The van der Waals surface area contributed by atoms with Gasteiger partial charge in [-0.3, -0.25) is 0 Å². The zero-order chi connectivity index (χ0) is 18.0. The van der Waals surface area contributed by atoms with Gasteiger partial charge in [0.25, 0.3) is 0 Å². The molecular weight excluding hydrogens is 333 g/mol. The van der Waals surface area contributed by atoms with Crippen molar-refractivity contribution in [2.24, 2.45) is 0 Å². The predicted molar refractivity (Wildman–Crippen MR) is 85.1 cm³/mol. The molecule has 0 bridgehead atoms. The van der Waals surface area contributed by atoms with Gasteiger partial charge in [0.05, 0.1) is 5.56 Å². The number of hydrogen-bond acceptors (Lipinski definition) is 6. The van der Waals surface area contributed by atoms with Crippen LogP contribution in [0, 0.1) is 18.3 Å². The molecule has 1 aliphatic heterocycles. The Morgan fingerprint density at radius 3 is 2.20 bits per heavy atom. The number of nitrogens with zero attached hydrogens (tertiary/aromatic N) is 6. The molecule has 0 atom stereocenters. The SMILES string of the molecule is Cc1nc(N2CCN(c3ccc(C#N)cn3)CC2)cc(C(F)(F)F)n1. The average Bonchev–Trinajstić information content (AvgIpc) is 2.61. The van der Waals surface area contributed by atoms with E-state index in [2.05, 4.69) is 15.0 Å². The predicted octanol–water partition coefficient (Wildman–Crippen LogP) is 2.40. The van der Waals surface area contributed by atoms with Crippen molar-refractivity contribution in [3.05, 3.63) is 41.5 Å². The highest BCUT2D eigenvalue weighted by molar-refractivity contribution is 5.47. The number of piperazine rings is 1. The molecule has 1 fully saturated rings. The second kappa shape index (κ2) is 6.55. The molecule has 9 heteroatoms. The van der Waals surface area contributed by atoms with E-state index in [4.69, 9.17) is 5.26 Å². The minimum atomic E-state index is -4.49. The topological polar surface area (TPSA) is 68.9 Å². The fraction of sp³-hybridized carbons (Fsp3) is 0.375. The third-order valence-corrected chi connectivity index (χ3v) is 3.92. The van der Waals surface area contributed by atoms with Crippen LogP contribution in [0.25, 0.3) is 0 Å². The van der Waals surface area contributed by atoms with Gasteiger partial charge in [-0.05, 0) is 19.1 Å². The second-order valence-corrected chi connectivity index (χ2v) is 5.65. The Hall–Kier alpha value is -2.89. The number of nitriles is 1. The summed E-state index contributed by atoms with van der Waals surface area (Å²) >= 11 is 0. The van der Waals surface area contributed by atoms with Gasteiger partial charge < -0.3 is 9.80 Å². The molecule has 0 N–H and O–H groups in total. The van der Waals surface area contributed by atoms with Crippen LogP contribution in [0.2, 0.25) is 0 Å². The van der Waals surface area contributed by atoms with E-state index in [0.29, 0.717) is 31.7 Å². The number of hydrogen-bond donors (Lipinski definition) is 0. The number of halogens is 3. The Kier molecular flexibility index (Phi) is 4.44. The van der Waals surface area contributed by atoms with Crippen LogP contribution in [-0.2, 0) is 6.18 Å². The molecule has 0 aliphatic carbocycles. The lowest BCUT2D eigenvalue weighted by atomic mass is 10.2. The maximum Gasteiger partial charge on any atom is 0.433 e. The van der Waals surface area contributed by atoms with Gasteiger partial charge in [0.2, 0.25) is 0 Å². The molecule has 0 amide bonds. The molecule has 0 saturated carbocycles. The van der Waals surface area contributed by atoms with Crippen LogP contribution in [0.5, 0.6) is 0 Å². The van der Waals surface area contributed by atoms with E-state index < -0.39 is 11.9 Å². The molecule has 130 valence electrons. The second-order valence-electron chi connectivity index (χ2n) is 5.65. The highest BCUT2D eigenvalue weighted by atomic mass is 19.4. The molecule has 25 heavy (non-hydrogen) atoms. The molecular formula is C16H15F3N6. The maximum absolute atomic E-state index is 12.9. The van der Waals surface area contributed by atoms with E-state index in [1.807, 2.05) is 15.9 Å². The molecule has 2 aromatic rings. The molecule has 2 aromatic heterocycles. The minimum Gasteiger partial charge on any atom is -0.353 e. The van der Waals surface area contributed by atoms with Crippen LogP contribution in [0.4, 0.5) is 24.8 Å². The molecule has 3 rings (SSSR count). The monoisotopic (exact) mass is 348 g/mol. The fourth-order valence-electron chi connectivity index (χ4n) is 2.66. The van der Waals surface area contributed by atoms with Crippen LogP contribution in [0.1, 0.15) is 17.1 Å². The van der Waals surface area contributed by atoms with Crippen molar-refractivity contribution < 1.29 is 13.2 Å². The van der Waals surface area contributed by atoms with E-state index in [1.54, 1.807) is 12.1 Å². The third-order valence-electron chi connectivity index (χ3n) is 3.92. The zero-order valence-corrected chi connectivity index (χ0v) is 13.5. The van der Waals surface area contributed by atoms with Gasteiger partial charge in [-0.15, -0.1) is 0 Å². The van der Waals surface area contributed by atoms with E-state index in [-0.39, 0.29) is 11.6 Å². The molecule has 6 nitrogen and oxygen atoms in total. The van der Waals surface area contributed by atoms with Crippen molar-refractivity contribution in [3.63, 3.8) is 0 Å². The Bertz CT molecular complexity index is 789. The number of alkyl halides is 3. The van der Waals surface area contributed by atoms with E-state index >= 15 is 0 Å². The van der Waals surface area contributed by atoms with Crippen molar-refractivity contribution in [1.82, 2.24) is 15.0 Å². The largest absolute Gasteiger partial charge is 0.433 e.